The lowest BCUT2D eigenvalue weighted by molar-refractivity contribution is -0.161. The fourth-order valence-corrected chi connectivity index (χ4v) is 17.7. The Morgan fingerprint density at radius 1 is 0.414 bits per heavy atom. The predicted octanol–water partition coefficient (Wildman–Crippen LogP) is 8.16. The number of methoxy groups -OCH3 is 4. The van der Waals surface area contributed by atoms with Gasteiger partial charge < -0.3 is 100 Å². The topological polar surface area (TPSA) is 478 Å². The van der Waals surface area contributed by atoms with E-state index in [0.717, 1.165) is 0 Å². The number of fused-ring (bicyclic) bond motifs is 4. The van der Waals surface area contributed by atoms with Crippen LogP contribution < -0.4 is 37.6 Å². The van der Waals surface area contributed by atoms with Crippen molar-refractivity contribution in [3.63, 3.8) is 0 Å². The van der Waals surface area contributed by atoms with Crippen LogP contribution in [0.3, 0.4) is 0 Å². The van der Waals surface area contributed by atoms with Gasteiger partial charge >= 0.3 is 76.4 Å². The number of hydrogen-bond acceptors (Lipinski definition) is 45. The number of thioether (sulfide) groups is 4. The van der Waals surface area contributed by atoms with Gasteiger partial charge in [-0.2, -0.15) is 0 Å². The number of aromatic nitrogens is 8. The zero-order valence-electron chi connectivity index (χ0n) is 63.4. The first-order valence-corrected chi connectivity index (χ1v) is 41.7. The maximum absolute atomic E-state index is 12.7. The lowest BCUT2D eigenvalue weighted by atomic mass is 9.77. The molecule has 4 aliphatic heterocycles. The monoisotopic (exact) mass is 1750 g/mol. The fourth-order valence-electron chi connectivity index (χ4n) is 10.5. The molecule has 116 heavy (non-hydrogen) atoms. The molecule has 4 aliphatic rings. The van der Waals surface area contributed by atoms with Crippen molar-refractivity contribution in [1.29, 1.82) is 0 Å². The van der Waals surface area contributed by atoms with E-state index in [4.69, 9.17) is 70.7 Å². The van der Waals surface area contributed by atoms with Gasteiger partial charge in [-0.05, 0) is 106 Å². The fraction of sp³-hybridized carbons (Fsp3) is 0.403. The van der Waals surface area contributed by atoms with E-state index < -0.39 is 109 Å². The molecule has 4 atom stereocenters. The average molecular weight is 1760 g/mol. The van der Waals surface area contributed by atoms with Gasteiger partial charge in [-0.15, -0.1) is 40.8 Å². The molecule has 0 saturated heterocycles. The molecule has 0 aliphatic carbocycles. The summed E-state index contributed by atoms with van der Waals surface area (Å²) in [7, 11) is 0.910. The number of esters is 7. The summed E-state index contributed by atoms with van der Waals surface area (Å²) in [6, 6.07) is 13.5. The number of ether oxygens (including phenoxy) is 13. The van der Waals surface area contributed by atoms with Gasteiger partial charge in [0.05, 0.1) is 61.1 Å². The highest BCUT2D eigenvalue weighted by Gasteiger charge is 2.44. The van der Waals surface area contributed by atoms with Crippen LogP contribution in [-0.2, 0) is 82.7 Å². The normalized spacial score (nSPS) is 15.4. The largest absolute Gasteiger partial charge is 0.537 e. The number of rotatable bonds is 28. The summed E-state index contributed by atoms with van der Waals surface area (Å²) in [5, 5.41) is 71.4. The molecule has 49 heteroatoms. The average Bonchev–Trinajstić information content (AvgIpc) is 0.990. The Labute approximate surface area is 696 Å². The first kappa shape index (κ1) is 90.5. The third kappa shape index (κ3) is 24.8. The van der Waals surface area contributed by atoms with Crippen molar-refractivity contribution >= 4 is 169 Å². The first-order valence-electron chi connectivity index (χ1n) is 34.7. The molecular formula is C67H74B4N8O29S8. The molecule has 12 rings (SSSR count). The van der Waals surface area contributed by atoms with Crippen LogP contribution in [0.5, 0.6) is 46.0 Å². The summed E-state index contributed by atoms with van der Waals surface area (Å²) < 4.78 is 90.4. The van der Waals surface area contributed by atoms with Gasteiger partial charge in [0.15, 0.2) is 17.4 Å². The van der Waals surface area contributed by atoms with E-state index >= 15 is 0 Å². The second-order valence-corrected chi connectivity index (χ2v) is 33.9. The zero-order chi connectivity index (χ0) is 83.6. The van der Waals surface area contributed by atoms with E-state index in [-0.39, 0.29) is 108 Å². The van der Waals surface area contributed by atoms with Crippen LogP contribution in [0.1, 0.15) is 124 Å². The molecule has 616 valence electrons. The molecule has 0 amide bonds. The standard InChI is InChI=1S/C18H21BN2O7S2.C17H19BN2O7S2.C16H17BN2O8S2.C16H17BN2O7S2/c1-18(2,3)16(23)27-9-26-15(22)13-11(25-4)6-5-10-7-12(19(24)28-14(10)13)30-17-21-20-8-29-17;1-3-4-13(21)25-9-26-16(22)14-11(24-2)6-5-10-7-12(18(23)27-15(10)14)29-17-20-19-8-28-17;1-3-24-16(21)26-8-25-14(20)12-10(23-2)5-4-9-6-11(17(22)27-13(9)12)29-15-19-18-7-28-15;1-3-12(20)24-8-25-15(21)13-10(23-2)5-4-9-6-11(17(22)26-14(9)13)28-16-19-18-7-27-16/h5-6,8,12,24H,7,9H2,1-4H3;5-6,8,12,23H,3-4,7,9H2,1-2H3;4-5,7,11,22H,3,6,8H2,1-2H3;4-5,7,11,22H,3,6,8H2,1-2H3/t2*12-;2*11-/m0000/s1. The molecule has 4 N–H and O–H groups in total. The van der Waals surface area contributed by atoms with Crippen molar-refractivity contribution in [2.75, 3.05) is 62.2 Å². The molecule has 37 nitrogen and oxygen atoms in total. The smallest absolute Gasteiger partial charge is 0.534 e. The Balaban J connectivity index is 0.000000177. The van der Waals surface area contributed by atoms with E-state index in [1.807, 2.05) is 6.92 Å². The van der Waals surface area contributed by atoms with Crippen molar-refractivity contribution in [1.82, 2.24) is 40.8 Å². The molecule has 8 aromatic rings. The third-order valence-corrected chi connectivity index (χ3v) is 24.1. The SMILES string of the molecule is CCC(=O)OCOC(=O)c1c(OC)ccc2c1OB(O)[C@@H](Sc1nncs1)C2.CCCC(=O)OCOC(=O)c1c(OC)ccc2c1OB(O)[C@@H](Sc1nncs1)C2.CCOC(=O)OCOC(=O)c1c(OC)ccc2c1OB(O)[C@@H](Sc1nncs1)C2.COc1ccc2c(c1C(=O)OCOC(=O)C(C)(C)C)OB(O)[C@@H](Sc1nncs1)C2. The quantitative estimate of drug-likeness (QED) is 0.0155. The zero-order valence-corrected chi connectivity index (χ0v) is 69.9. The van der Waals surface area contributed by atoms with Crippen LogP contribution >= 0.6 is 92.4 Å². The van der Waals surface area contributed by atoms with Gasteiger partial charge in [-0.1, -0.05) is 131 Å². The van der Waals surface area contributed by atoms with E-state index in [0.29, 0.717) is 71.7 Å². The molecule has 0 unspecified atom stereocenters. The lowest BCUT2D eigenvalue weighted by Crippen LogP contribution is -2.41. The molecule has 0 fully saturated rings. The highest BCUT2D eigenvalue weighted by molar-refractivity contribution is 8.03. The Morgan fingerprint density at radius 3 is 0.948 bits per heavy atom. The number of carbonyl (C=O) groups excluding carboxylic acids is 8. The molecule has 8 heterocycles. The first-order chi connectivity index (χ1) is 55.8. The maximum Gasteiger partial charge on any atom is 0.537 e. The number of carbonyl (C=O) groups is 8. The molecule has 4 aromatic heterocycles. The van der Waals surface area contributed by atoms with Crippen LogP contribution in [-0.4, -0.2) is 220 Å². The number of nitrogens with zero attached hydrogens (tertiary/aromatic N) is 8. The molecule has 0 saturated carbocycles. The van der Waals surface area contributed by atoms with Crippen LogP contribution in [0.25, 0.3) is 0 Å². The third-order valence-electron chi connectivity index (χ3n) is 16.0. The summed E-state index contributed by atoms with van der Waals surface area (Å²) in [6.07, 6.45) is 1.83. The molecule has 4 aromatic carbocycles. The molecule has 0 bridgehead atoms. The number of benzene rings is 4. The van der Waals surface area contributed by atoms with Crippen LogP contribution in [0.4, 0.5) is 4.79 Å². The number of hydrogen-bond donors (Lipinski definition) is 4. The van der Waals surface area contributed by atoms with Crippen molar-refractivity contribution in [2.24, 2.45) is 5.41 Å². The predicted molar refractivity (Wildman–Crippen MR) is 422 cm³/mol. The van der Waals surface area contributed by atoms with E-state index in [1.165, 1.54) is 121 Å². The minimum atomic E-state index is -1.19. The summed E-state index contributed by atoms with van der Waals surface area (Å²) in [5.41, 5.74) is 8.63. The minimum Gasteiger partial charge on any atom is -0.534 e. The van der Waals surface area contributed by atoms with Gasteiger partial charge in [0.2, 0.25) is 27.2 Å². The van der Waals surface area contributed by atoms with Gasteiger partial charge in [0, 0.05) is 12.8 Å². The van der Waals surface area contributed by atoms with Crippen LogP contribution in [0.15, 0.2) is 87.9 Å². The molecule has 0 spiro atoms. The summed E-state index contributed by atoms with van der Waals surface area (Å²) in [4.78, 5) is 96.0. The molecule has 0 radical (unpaired) electrons. The van der Waals surface area contributed by atoms with E-state index in [9.17, 15) is 58.5 Å². The van der Waals surface area contributed by atoms with E-state index in [1.54, 1.807) is 105 Å². The van der Waals surface area contributed by atoms with Crippen LogP contribution in [0.2, 0.25) is 0 Å². The van der Waals surface area contributed by atoms with Gasteiger partial charge in [-0.3, -0.25) is 14.4 Å². The summed E-state index contributed by atoms with van der Waals surface area (Å²) in [5.74, 6) is -2.99. The summed E-state index contributed by atoms with van der Waals surface area (Å²) >= 11 is 10.9. The van der Waals surface area contributed by atoms with Crippen molar-refractivity contribution in [3.05, 3.63) is 115 Å². The molecular weight excluding hydrogens is 1680 g/mol. The Bertz CT molecular complexity index is 4500. The lowest BCUT2D eigenvalue weighted by Gasteiger charge is -2.28. The van der Waals surface area contributed by atoms with Crippen LogP contribution in [0, 0.1) is 5.41 Å². The van der Waals surface area contributed by atoms with Gasteiger partial charge in [0.1, 0.15) is 90.3 Å². The van der Waals surface area contributed by atoms with Gasteiger partial charge in [0.25, 0.3) is 0 Å². The minimum absolute atomic E-state index is 0.00382. The van der Waals surface area contributed by atoms with Crippen molar-refractivity contribution < 1.29 is 139 Å². The van der Waals surface area contributed by atoms with Crippen molar-refractivity contribution in [3.8, 4) is 46.0 Å². The van der Waals surface area contributed by atoms with Crippen molar-refractivity contribution in [2.45, 2.75) is 124 Å². The Morgan fingerprint density at radius 2 is 0.698 bits per heavy atom. The van der Waals surface area contributed by atoms with Gasteiger partial charge in [-0.25, -0.2) is 24.0 Å². The Hall–Kier alpha value is -9.42. The Kier molecular flexibility index (Phi) is 34.5. The summed E-state index contributed by atoms with van der Waals surface area (Å²) in [6.45, 7) is 8.10. The highest BCUT2D eigenvalue weighted by Crippen LogP contribution is 2.46. The second-order valence-electron chi connectivity index (χ2n) is 24.7. The highest BCUT2D eigenvalue weighted by atomic mass is 32.2. The van der Waals surface area contributed by atoms with E-state index in [2.05, 4.69) is 50.3 Å². The maximum atomic E-state index is 12.7. The second kappa shape index (κ2) is 44.2.